The molecule has 2 amide bonds. The van der Waals surface area contributed by atoms with E-state index in [1.807, 2.05) is 16.7 Å². The Kier molecular flexibility index (Phi) is 3.81. The zero-order valence-electron chi connectivity index (χ0n) is 9.96. The van der Waals surface area contributed by atoms with E-state index in [2.05, 4.69) is 6.92 Å². The third-order valence-corrected chi connectivity index (χ3v) is 4.74. The van der Waals surface area contributed by atoms with Gasteiger partial charge in [0.05, 0.1) is 5.92 Å². The zero-order valence-corrected chi connectivity index (χ0v) is 10.8. The van der Waals surface area contributed by atoms with Crippen molar-refractivity contribution in [2.24, 2.45) is 5.92 Å². The molecule has 96 valence electrons. The van der Waals surface area contributed by atoms with Crippen molar-refractivity contribution in [2.45, 2.75) is 18.6 Å². The maximum atomic E-state index is 12.1. The summed E-state index contributed by atoms with van der Waals surface area (Å²) in [5, 5.41) is 9.30. The number of likely N-dealkylation sites (tertiary alicyclic amines) is 1. The molecule has 2 heterocycles. The molecular formula is C11H18N2O3S. The maximum Gasteiger partial charge on any atom is 0.320 e. The Morgan fingerprint density at radius 1 is 1.29 bits per heavy atom. The fraction of sp³-hybridized carbons (Fsp3) is 0.818. The Hall–Kier alpha value is -0.910. The van der Waals surface area contributed by atoms with Gasteiger partial charge in [0, 0.05) is 37.2 Å². The number of carboxylic acid groups (broad SMARTS) is 1. The molecule has 0 saturated carbocycles. The summed E-state index contributed by atoms with van der Waals surface area (Å²) >= 11 is 1.92. The Morgan fingerprint density at radius 2 is 2.00 bits per heavy atom. The summed E-state index contributed by atoms with van der Waals surface area (Å²) in [7, 11) is 0. The molecule has 2 aliphatic heterocycles. The van der Waals surface area contributed by atoms with E-state index >= 15 is 0 Å². The van der Waals surface area contributed by atoms with Crippen LogP contribution in [-0.2, 0) is 4.79 Å². The average molecular weight is 258 g/mol. The van der Waals surface area contributed by atoms with E-state index in [1.54, 1.807) is 4.90 Å². The van der Waals surface area contributed by atoms with Crippen LogP contribution in [0.5, 0.6) is 0 Å². The second kappa shape index (κ2) is 5.16. The summed E-state index contributed by atoms with van der Waals surface area (Å²) in [4.78, 5) is 26.2. The molecule has 2 aliphatic rings. The highest BCUT2D eigenvalue weighted by molar-refractivity contribution is 8.00. The van der Waals surface area contributed by atoms with E-state index in [0.29, 0.717) is 18.3 Å². The molecule has 0 aromatic carbocycles. The van der Waals surface area contributed by atoms with Crippen molar-refractivity contribution in [1.29, 1.82) is 0 Å². The minimum atomic E-state index is -0.797. The number of nitrogens with zero attached hydrogens (tertiary/aromatic N) is 2. The number of thioether (sulfide) groups is 1. The largest absolute Gasteiger partial charge is 0.481 e. The van der Waals surface area contributed by atoms with Crippen LogP contribution in [0, 0.1) is 5.92 Å². The first-order chi connectivity index (χ1) is 8.11. The summed E-state index contributed by atoms with van der Waals surface area (Å²) < 4.78 is 0. The standard InChI is InChI=1S/C11H18N2O3S/c1-2-9-7-12(3-4-17-9)11(16)13-5-8(6-13)10(14)15/h8-9H,2-7H2,1H3,(H,14,15). The number of hydrogen-bond donors (Lipinski definition) is 1. The third kappa shape index (κ3) is 2.68. The van der Waals surface area contributed by atoms with E-state index < -0.39 is 5.97 Å². The van der Waals surface area contributed by atoms with Gasteiger partial charge in [0.15, 0.2) is 0 Å². The summed E-state index contributed by atoms with van der Waals surface area (Å²) in [5.74, 6) is -0.171. The van der Waals surface area contributed by atoms with Crippen molar-refractivity contribution in [3.8, 4) is 0 Å². The topological polar surface area (TPSA) is 60.9 Å². The third-order valence-electron chi connectivity index (χ3n) is 3.37. The average Bonchev–Trinajstić information content (AvgIpc) is 2.26. The lowest BCUT2D eigenvalue weighted by molar-refractivity contribution is -0.146. The molecule has 0 bridgehead atoms. The minimum absolute atomic E-state index is 0.0150. The van der Waals surface area contributed by atoms with Crippen molar-refractivity contribution in [3.05, 3.63) is 0 Å². The van der Waals surface area contributed by atoms with Crippen LogP contribution in [0.3, 0.4) is 0 Å². The summed E-state index contributed by atoms with van der Waals surface area (Å²) in [6.45, 7) is 4.46. The molecule has 0 aromatic heterocycles. The number of hydrogen-bond acceptors (Lipinski definition) is 3. The summed E-state index contributed by atoms with van der Waals surface area (Å²) in [5.41, 5.74) is 0. The first-order valence-electron chi connectivity index (χ1n) is 6.00. The predicted octanol–water partition coefficient (Wildman–Crippen LogP) is 0.950. The van der Waals surface area contributed by atoms with Crippen LogP contribution in [0.15, 0.2) is 0 Å². The Balaban J connectivity index is 1.82. The first kappa shape index (κ1) is 12.5. The van der Waals surface area contributed by atoms with E-state index in [4.69, 9.17) is 5.11 Å². The molecule has 5 nitrogen and oxygen atoms in total. The van der Waals surface area contributed by atoms with E-state index in [0.717, 1.165) is 25.3 Å². The lowest BCUT2D eigenvalue weighted by Gasteiger charge is -2.42. The number of carbonyl (C=O) groups is 2. The monoisotopic (exact) mass is 258 g/mol. The molecule has 2 fully saturated rings. The van der Waals surface area contributed by atoms with Crippen LogP contribution >= 0.6 is 11.8 Å². The van der Waals surface area contributed by atoms with Gasteiger partial charge in [-0.15, -0.1) is 0 Å². The van der Waals surface area contributed by atoms with Crippen LogP contribution in [0.2, 0.25) is 0 Å². The van der Waals surface area contributed by atoms with E-state index in [1.165, 1.54) is 0 Å². The molecule has 2 saturated heterocycles. The van der Waals surface area contributed by atoms with Crippen LogP contribution in [0.1, 0.15) is 13.3 Å². The van der Waals surface area contributed by atoms with Crippen LogP contribution in [0.25, 0.3) is 0 Å². The van der Waals surface area contributed by atoms with Crippen molar-refractivity contribution in [2.75, 3.05) is 31.9 Å². The van der Waals surface area contributed by atoms with Gasteiger partial charge in [0.2, 0.25) is 0 Å². The number of carboxylic acids is 1. The molecule has 1 unspecified atom stereocenters. The molecular weight excluding hydrogens is 240 g/mol. The highest BCUT2D eigenvalue weighted by Crippen LogP contribution is 2.24. The van der Waals surface area contributed by atoms with Gasteiger partial charge < -0.3 is 14.9 Å². The molecule has 0 spiro atoms. The van der Waals surface area contributed by atoms with Crippen molar-refractivity contribution < 1.29 is 14.7 Å². The van der Waals surface area contributed by atoms with Crippen LogP contribution in [-0.4, -0.2) is 64.1 Å². The number of amides is 2. The Labute approximate surface area is 105 Å². The smallest absolute Gasteiger partial charge is 0.320 e. The summed E-state index contributed by atoms with van der Waals surface area (Å²) in [6, 6.07) is 0.0150. The van der Waals surface area contributed by atoms with Gasteiger partial charge in [-0.05, 0) is 6.42 Å². The maximum absolute atomic E-state index is 12.1. The Bertz CT molecular complexity index is 318. The molecule has 0 aromatic rings. The molecule has 1 atom stereocenters. The Morgan fingerprint density at radius 3 is 2.59 bits per heavy atom. The highest BCUT2D eigenvalue weighted by Gasteiger charge is 2.38. The number of rotatable bonds is 2. The van der Waals surface area contributed by atoms with Gasteiger partial charge in [-0.1, -0.05) is 6.92 Å². The number of aliphatic carboxylic acids is 1. The normalized spacial score (nSPS) is 25.6. The number of carbonyl (C=O) groups excluding carboxylic acids is 1. The van der Waals surface area contributed by atoms with Crippen LogP contribution < -0.4 is 0 Å². The van der Waals surface area contributed by atoms with Crippen molar-refractivity contribution in [1.82, 2.24) is 9.80 Å². The number of urea groups is 1. The lowest BCUT2D eigenvalue weighted by atomic mass is 10.0. The van der Waals surface area contributed by atoms with E-state index in [-0.39, 0.29) is 11.9 Å². The molecule has 0 radical (unpaired) electrons. The van der Waals surface area contributed by atoms with Gasteiger partial charge in [-0.3, -0.25) is 4.79 Å². The van der Waals surface area contributed by atoms with Gasteiger partial charge in [0.25, 0.3) is 0 Å². The minimum Gasteiger partial charge on any atom is -0.481 e. The summed E-state index contributed by atoms with van der Waals surface area (Å²) in [6.07, 6.45) is 1.08. The van der Waals surface area contributed by atoms with E-state index in [9.17, 15) is 9.59 Å². The quantitative estimate of drug-likeness (QED) is 0.801. The SMILES string of the molecule is CCC1CN(C(=O)N2CC(C(=O)O)C2)CCS1. The molecule has 17 heavy (non-hydrogen) atoms. The fourth-order valence-corrected chi connectivity index (χ4v) is 3.31. The van der Waals surface area contributed by atoms with Gasteiger partial charge in [-0.2, -0.15) is 11.8 Å². The first-order valence-corrected chi connectivity index (χ1v) is 7.05. The molecule has 0 aliphatic carbocycles. The molecule has 2 rings (SSSR count). The molecule has 6 heteroatoms. The fourth-order valence-electron chi connectivity index (χ4n) is 2.13. The van der Waals surface area contributed by atoms with Crippen molar-refractivity contribution >= 4 is 23.8 Å². The van der Waals surface area contributed by atoms with Gasteiger partial charge in [-0.25, -0.2) is 4.79 Å². The predicted molar refractivity (Wildman–Crippen MR) is 66.2 cm³/mol. The molecule has 1 N–H and O–H groups in total. The lowest BCUT2D eigenvalue weighted by Crippen LogP contribution is -2.58. The second-order valence-electron chi connectivity index (χ2n) is 4.57. The van der Waals surface area contributed by atoms with Crippen molar-refractivity contribution in [3.63, 3.8) is 0 Å². The van der Waals surface area contributed by atoms with Gasteiger partial charge >= 0.3 is 12.0 Å². The second-order valence-corrected chi connectivity index (χ2v) is 5.98. The zero-order chi connectivity index (χ0) is 12.4. The van der Waals surface area contributed by atoms with Crippen LogP contribution in [0.4, 0.5) is 4.79 Å². The van der Waals surface area contributed by atoms with Gasteiger partial charge in [0.1, 0.15) is 0 Å². The highest BCUT2D eigenvalue weighted by atomic mass is 32.2.